The molecule has 1 aliphatic heterocycles. The number of hydrogen-bond donors (Lipinski definition) is 0. The summed E-state index contributed by atoms with van der Waals surface area (Å²) in [6.45, 7) is 5.12. The highest BCUT2D eigenvalue weighted by Crippen LogP contribution is 2.45. The fourth-order valence-corrected chi connectivity index (χ4v) is 3.56. The molecule has 0 bridgehead atoms. The Bertz CT molecular complexity index is 647. The summed E-state index contributed by atoms with van der Waals surface area (Å²) >= 11 is 0. The maximum Gasteiger partial charge on any atom is 0.307 e. The Balaban J connectivity index is 2.13. The highest BCUT2D eigenvalue weighted by atomic mass is 16.6. The van der Waals surface area contributed by atoms with Gasteiger partial charge in [0.2, 0.25) is 0 Å². The number of rotatable bonds is 7. The van der Waals surface area contributed by atoms with Crippen molar-refractivity contribution in [1.82, 2.24) is 0 Å². The molecule has 1 spiro atoms. The van der Waals surface area contributed by atoms with Gasteiger partial charge in [-0.2, -0.15) is 0 Å². The molecule has 1 unspecified atom stereocenters. The molecule has 0 saturated carbocycles. The van der Waals surface area contributed by atoms with E-state index in [-0.39, 0.29) is 24.5 Å². The van der Waals surface area contributed by atoms with Crippen LogP contribution in [-0.2, 0) is 28.7 Å². The van der Waals surface area contributed by atoms with E-state index in [4.69, 9.17) is 9.47 Å². The van der Waals surface area contributed by atoms with Crippen molar-refractivity contribution < 1.29 is 28.7 Å². The summed E-state index contributed by atoms with van der Waals surface area (Å²) in [7, 11) is 0. The zero-order chi connectivity index (χ0) is 19.3. The van der Waals surface area contributed by atoms with Crippen LogP contribution in [-0.4, -0.2) is 36.2 Å². The van der Waals surface area contributed by atoms with Crippen LogP contribution in [0.1, 0.15) is 52.9 Å². The van der Waals surface area contributed by atoms with E-state index in [0.29, 0.717) is 0 Å². The number of hydrogen-bond acceptors (Lipinski definition) is 6. The van der Waals surface area contributed by atoms with Crippen molar-refractivity contribution in [2.45, 2.75) is 65.1 Å². The average molecular weight is 362 g/mol. The number of aldehydes is 1. The first kappa shape index (κ1) is 20.1. The third-order valence-electron chi connectivity index (χ3n) is 5.00. The lowest BCUT2D eigenvalue weighted by Gasteiger charge is -2.34. The maximum absolute atomic E-state index is 12.6. The first-order valence-corrected chi connectivity index (χ1v) is 8.99. The van der Waals surface area contributed by atoms with Crippen LogP contribution in [0.15, 0.2) is 23.8 Å². The van der Waals surface area contributed by atoms with Gasteiger partial charge in [0.15, 0.2) is 5.78 Å². The minimum absolute atomic E-state index is 0.00936. The summed E-state index contributed by atoms with van der Waals surface area (Å²) in [4.78, 5) is 46.5. The second-order valence-electron chi connectivity index (χ2n) is 7.34. The van der Waals surface area contributed by atoms with E-state index in [1.54, 1.807) is 6.08 Å². The first-order valence-electron chi connectivity index (χ1n) is 8.99. The Hall–Kier alpha value is -2.24. The number of ether oxygens (including phenoxy) is 2. The predicted octanol–water partition coefficient (Wildman–Crippen LogP) is 2.70. The minimum Gasteiger partial charge on any atom is -0.458 e. The SMILES string of the molecule is CC(=O)O[C@@H]1C=CC(=O)[C@@]2(CC(=O)O[C@@H]2/C=C(\C)CCCC(C)C=O)C1. The lowest BCUT2D eigenvalue weighted by atomic mass is 9.69. The fraction of sp³-hybridized carbons (Fsp3) is 0.600. The molecule has 0 aromatic carbocycles. The van der Waals surface area contributed by atoms with Crippen LogP contribution in [0.2, 0.25) is 0 Å². The molecule has 0 N–H and O–H groups in total. The molecule has 6 nitrogen and oxygen atoms in total. The fourth-order valence-electron chi connectivity index (χ4n) is 3.56. The zero-order valence-electron chi connectivity index (χ0n) is 15.5. The number of carbonyl (C=O) groups is 4. The quantitative estimate of drug-likeness (QED) is 0.393. The largest absolute Gasteiger partial charge is 0.458 e. The molecule has 26 heavy (non-hydrogen) atoms. The van der Waals surface area contributed by atoms with Crippen molar-refractivity contribution in [3.8, 4) is 0 Å². The van der Waals surface area contributed by atoms with Crippen molar-refractivity contribution in [1.29, 1.82) is 0 Å². The van der Waals surface area contributed by atoms with E-state index in [1.807, 2.05) is 19.9 Å². The molecule has 0 amide bonds. The van der Waals surface area contributed by atoms with Gasteiger partial charge < -0.3 is 14.3 Å². The van der Waals surface area contributed by atoms with Crippen LogP contribution in [0.4, 0.5) is 0 Å². The average Bonchev–Trinajstić information content (AvgIpc) is 2.86. The van der Waals surface area contributed by atoms with E-state index in [9.17, 15) is 19.2 Å². The highest BCUT2D eigenvalue weighted by molar-refractivity contribution is 6.00. The van der Waals surface area contributed by atoms with Gasteiger partial charge in [-0.3, -0.25) is 14.4 Å². The molecular formula is C20H26O6. The second kappa shape index (κ2) is 8.43. The summed E-state index contributed by atoms with van der Waals surface area (Å²) in [5.74, 6) is -0.996. The summed E-state index contributed by atoms with van der Waals surface area (Å²) in [6, 6.07) is 0. The minimum atomic E-state index is -1.01. The van der Waals surface area contributed by atoms with Gasteiger partial charge >= 0.3 is 11.9 Å². The van der Waals surface area contributed by atoms with Crippen LogP contribution >= 0.6 is 0 Å². The molecule has 2 aliphatic rings. The molecule has 1 saturated heterocycles. The van der Waals surface area contributed by atoms with E-state index >= 15 is 0 Å². The number of allylic oxidation sites excluding steroid dienone is 2. The summed E-state index contributed by atoms with van der Waals surface area (Å²) in [5, 5.41) is 0. The van der Waals surface area contributed by atoms with Crippen molar-refractivity contribution in [3.05, 3.63) is 23.8 Å². The van der Waals surface area contributed by atoms with Gasteiger partial charge in [0.25, 0.3) is 0 Å². The van der Waals surface area contributed by atoms with E-state index in [2.05, 4.69) is 0 Å². The smallest absolute Gasteiger partial charge is 0.307 e. The number of ketones is 1. The molecule has 1 heterocycles. The van der Waals surface area contributed by atoms with Gasteiger partial charge in [0.05, 0.1) is 11.8 Å². The number of cyclic esters (lactones) is 1. The molecular weight excluding hydrogens is 336 g/mol. The predicted molar refractivity (Wildman–Crippen MR) is 94.1 cm³/mol. The number of esters is 2. The van der Waals surface area contributed by atoms with Crippen LogP contribution < -0.4 is 0 Å². The Labute approximate surface area is 153 Å². The molecule has 1 aliphatic carbocycles. The zero-order valence-corrected chi connectivity index (χ0v) is 15.5. The van der Waals surface area contributed by atoms with Gasteiger partial charge in [-0.1, -0.05) is 12.5 Å². The van der Waals surface area contributed by atoms with Crippen molar-refractivity contribution in [2.24, 2.45) is 11.3 Å². The van der Waals surface area contributed by atoms with Crippen LogP contribution in [0.25, 0.3) is 0 Å². The van der Waals surface area contributed by atoms with Crippen LogP contribution in [0, 0.1) is 11.3 Å². The topological polar surface area (TPSA) is 86.7 Å². The van der Waals surface area contributed by atoms with Gasteiger partial charge in [0.1, 0.15) is 18.5 Å². The highest BCUT2D eigenvalue weighted by Gasteiger charge is 2.55. The number of carbonyl (C=O) groups excluding carboxylic acids is 4. The van der Waals surface area contributed by atoms with Crippen molar-refractivity contribution >= 4 is 24.0 Å². The molecule has 6 heteroatoms. The second-order valence-corrected chi connectivity index (χ2v) is 7.34. The first-order chi connectivity index (χ1) is 12.3. The summed E-state index contributed by atoms with van der Waals surface area (Å²) in [5.41, 5.74) is -0.00269. The maximum atomic E-state index is 12.6. The third kappa shape index (κ3) is 4.68. The standard InChI is InChI=1S/C20H26O6/c1-13(5-4-6-14(2)12-21)9-18-20(11-19(24)26-18)10-16(25-15(3)22)7-8-17(20)23/h7-9,12,14,16,18H,4-6,10-11H2,1-3H3/b13-9+/t14?,16-,18-,20+/m1/s1. The van der Waals surface area contributed by atoms with Gasteiger partial charge in [-0.25, -0.2) is 0 Å². The Morgan fingerprint density at radius 2 is 2.15 bits per heavy atom. The Morgan fingerprint density at radius 3 is 2.81 bits per heavy atom. The molecule has 2 rings (SSSR count). The Kier molecular flexibility index (Phi) is 6.51. The molecule has 0 aromatic heterocycles. The Morgan fingerprint density at radius 1 is 1.42 bits per heavy atom. The van der Waals surface area contributed by atoms with Crippen molar-refractivity contribution in [2.75, 3.05) is 0 Å². The normalized spacial score (nSPS) is 29.6. The molecule has 0 radical (unpaired) electrons. The van der Waals surface area contributed by atoms with Crippen LogP contribution in [0.3, 0.4) is 0 Å². The molecule has 1 fully saturated rings. The lowest BCUT2D eigenvalue weighted by Crippen LogP contribution is -2.43. The third-order valence-corrected chi connectivity index (χ3v) is 5.00. The molecule has 0 aromatic rings. The molecule has 142 valence electrons. The lowest BCUT2D eigenvalue weighted by molar-refractivity contribution is -0.148. The summed E-state index contributed by atoms with van der Waals surface area (Å²) in [6.07, 6.45) is 7.16. The van der Waals surface area contributed by atoms with Gasteiger partial charge in [-0.05, 0) is 44.4 Å². The van der Waals surface area contributed by atoms with E-state index in [0.717, 1.165) is 31.1 Å². The van der Waals surface area contributed by atoms with Gasteiger partial charge in [-0.15, -0.1) is 0 Å². The molecule has 4 atom stereocenters. The van der Waals surface area contributed by atoms with E-state index in [1.165, 1.54) is 13.0 Å². The van der Waals surface area contributed by atoms with Crippen molar-refractivity contribution in [3.63, 3.8) is 0 Å². The van der Waals surface area contributed by atoms with E-state index < -0.39 is 29.6 Å². The monoisotopic (exact) mass is 362 g/mol. The van der Waals surface area contributed by atoms with Crippen LogP contribution in [0.5, 0.6) is 0 Å². The van der Waals surface area contributed by atoms with Gasteiger partial charge in [0, 0.05) is 19.3 Å². The summed E-state index contributed by atoms with van der Waals surface area (Å²) < 4.78 is 10.7.